The van der Waals surface area contributed by atoms with Gasteiger partial charge in [-0.1, -0.05) is 56.1 Å². The third-order valence-corrected chi connectivity index (χ3v) is 15.8. The molecule has 0 saturated carbocycles. The van der Waals surface area contributed by atoms with Gasteiger partial charge in [0.15, 0.2) is 17.3 Å². The molecule has 12 heterocycles. The number of azide groups is 1. The zero-order chi connectivity index (χ0) is 86.7. The monoisotopic (exact) mass is 1780 g/mol. The van der Waals surface area contributed by atoms with E-state index in [1.165, 1.54) is 74.6 Å². The van der Waals surface area contributed by atoms with E-state index in [0.29, 0.717) is 27.4 Å². The minimum Gasteiger partial charge on any atom is -0.875 e. The fraction of sp³-hybridized carbons (Fsp3) is 0.207. The first-order chi connectivity index (χ1) is 56.3. The molecule has 0 bridgehead atoms. The molecule has 0 aliphatic rings. The van der Waals surface area contributed by atoms with Crippen molar-refractivity contribution in [2.24, 2.45) is 22.0 Å². The minimum atomic E-state index is -0.810. The molecule has 14 rings (SSSR count). The Balaban J connectivity index is 0.00000139. The Bertz CT molecular complexity index is 6030. The van der Waals surface area contributed by atoms with Gasteiger partial charge < -0.3 is 30.3 Å². The number of Topliss-reactive ketones (excluding diaryl/α,β-unsaturated/α-hetero) is 3. The van der Waals surface area contributed by atoms with E-state index < -0.39 is 60.5 Å². The Morgan fingerprint density at radius 2 is 0.960 bits per heavy atom. The van der Waals surface area contributed by atoms with Crippen molar-refractivity contribution >= 4 is 85.4 Å². The van der Waals surface area contributed by atoms with Gasteiger partial charge in [0.2, 0.25) is 29.2 Å². The van der Waals surface area contributed by atoms with Crippen LogP contribution in [0.4, 0.5) is 22.7 Å². The van der Waals surface area contributed by atoms with Crippen LogP contribution in [0.25, 0.3) is 43.8 Å². The summed E-state index contributed by atoms with van der Waals surface area (Å²) in [5.74, 6) is 4.92. The van der Waals surface area contributed by atoms with E-state index in [2.05, 4.69) is 72.6 Å². The summed E-state index contributed by atoms with van der Waals surface area (Å²) in [6.45, 7) is 11.6. The van der Waals surface area contributed by atoms with E-state index in [1.54, 1.807) is 113 Å². The van der Waals surface area contributed by atoms with E-state index >= 15 is 0 Å². The van der Waals surface area contributed by atoms with E-state index in [9.17, 15) is 74.6 Å². The smallest absolute Gasteiger partial charge is 0.383 e. The SMILES string of the molecule is C.C.C.C.C.C#CC(=O)OC.CC(=O)c1ccn2nccc2c1.CC(=O)c1ccncc1.CC(N)c1ccn2nccc2c1.CC(N=[N+]=[N-])c1ccn2nccc2c1.CC(O)c1ccn2nccc2c1.CC([O-])=c1cc[n+](=NOc2ccc([N+](=O)[O-])cc2[N+](=O)[O-])cc1.COC(=O)c1cnn2ccc(C(C)=O)cc12.NOc1ccc([N+](=O)[O-])cc1[N+](=O)[O-].[Y]. The molecule has 5 N–H and O–H groups in total. The summed E-state index contributed by atoms with van der Waals surface area (Å²) >= 11 is 0. The molecule has 42 heteroatoms. The van der Waals surface area contributed by atoms with Crippen LogP contribution in [0.15, 0.2) is 243 Å². The first-order valence-electron chi connectivity index (χ1n) is 34.2. The van der Waals surface area contributed by atoms with Gasteiger partial charge in [-0.15, -0.1) is 12.2 Å². The number of carbonyl (C=O) groups excluding carboxylic acids is 5. The number of methoxy groups -OCH3 is 2. The molecule has 3 atom stereocenters. The van der Waals surface area contributed by atoms with Gasteiger partial charge in [-0.2, -0.15) is 31.4 Å². The summed E-state index contributed by atoms with van der Waals surface area (Å²) in [5, 5.41) is 90.7. The van der Waals surface area contributed by atoms with Crippen molar-refractivity contribution in [3.8, 4) is 23.8 Å². The summed E-state index contributed by atoms with van der Waals surface area (Å²) in [4.78, 5) is 109. The molecule has 1 radical (unpaired) electrons. The van der Waals surface area contributed by atoms with Crippen LogP contribution in [0.2, 0.25) is 0 Å². The van der Waals surface area contributed by atoms with E-state index in [1.807, 2.05) is 97.6 Å². The quantitative estimate of drug-likeness (QED) is 0.00820. The van der Waals surface area contributed by atoms with Crippen molar-refractivity contribution in [1.82, 2.24) is 53.1 Å². The number of ether oxygens (including phenoxy) is 2. The molecule has 3 unspecified atom stereocenters. The number of nitro groups is 4. The number of nitro benzene ring substituents is 4. The Labute approximate surface area is 735 Å². The van der Waals surface area contributed by atoms with Gasteiger partial charge in [0.05, 0.1) is 92.0 Å². The molecular formula is C82H94N22O19Y. The van der Waals surface area contributed by atoms with Gasteiger partial charge in [-0.3, -0.25) is 64.7 Å². The zero-order valence-corrected chi connectivity index (χ0v) is 67.6. The number of aliphatic hydroxyl groups is 1. The van der Waals surface area contributed by atoms with Gasteiger partial charge in [0.25, 0.3) is 11.4 Å². The number of hydrogen-bond acceptors (Lipinski definition) is 29. The zero-order valence-electron chi connectivity index (χ0n) is 64.7. The summed E-state index contributed by atoms with van der Waals surface area (Å²) in [5.41, 5.74) is 22.1. The predicted molar refractivity (Wildman–Crippen MR) is 455 cm³/mol. The second-order valence-electron chi connectivity index (χ2n) is 23.9. The Kier molecular flexibility index (Phi) is 47.3. The maximum Gasteiger partial charge on any atom is 0.383 e. The van der Waals surface area contributed by atoms with Crippen molar-refractivity contribution in [2.75, 3.05) is 14.2 Å². The molecule has 0 aliphatic carbocycles. The average Bonchev–Trinajstić information content (AvgIpc) is 1.64. The number of rotatable bonds is 15. The van der Waals surface area contributed by atoms with Crippen molar-refractivity contribution < 1.29 is 110 Å². The van der Waals surface area contributed by atoms with Crippen LogP contribution in [0, 0.1) is 52.8 Å². The number of nitrogens with two attached hydrogens (primary N) is 2. The van der Waals surface area contributed by atoms with Gasteiger partial charge >= 0.3 is 23.3 Å². The number of non-ortho nitro benzene ring substituents is 2. The molecule has 2 aromatic carbocycles. The van der Waals surface area contributed by atoms with Gasteiger partial charge in [0, 0.05) is 159 Å². The number of nitrogens with zero attached hydrogens (tertiary/aromatic N) is 20. The normalized spacial score (nSPS) is 10.2. The first kappa shape index (κ1) is 109. The van der Waals surface area contributed by atoms with Gasteiger partial charge in [-0.05, 0) is 176 Å². The summed E-state index contributed by atoms with van der Waals surface area (Å²) < 4.78 is 18.5. The predicted octanol–water partition coefficient (Wildman–Crippen LogP) is 13.6. The van der Waals surface area contributed by atoms with Crippen molar-refractivity contribution in [2.45, 2.75) is 104 Å². The standard InChI is InChI=1S/C13H10N4O6.C11H10N2O3.C9H9N5.C9H11N3.C9H10N2O.C9H8N2O.C7H7NO.C6H5N3O5.C4H4O2.5CH4.Y/c1-9(18)10-4-6-15(7-5-10)14-23-13-3-2-11(16(19)20)8-12(13)17(21)22;1-7(14)8-3-4-13-10(5-8)9(6-12-13)11(15)16-2;1-7(12-13-10)8-3-5-14-9(6-8)2-4-11-14;1-7(10)8-3-5-12-9(6-8)2-4-11-12;2*1-7(12)8-3-5-11-9(6-8)2-4-10-11;1-6(9)7-2-4-8-5-3-7;7-14-6-2-1-4(8(10)11)3-5(6)9(12)13;1-3-4(5)6-2;;;;;;/h2-8H,1H3;3-6H,1-2H3;2-7H,1H3;2-7H,10H2,1H3;2-7,12H,1H3;2-6H,1H3;2-5H,1H3;1-3H,7H2;1H,2H3;5*1H4;. The molecule has 0 spiro atoms. The fourth-order valence-corrected chi connectivity index (χ4v) is 9.52. The molecule has 0 aliphatic heterocycles. The Morgan fingerprint density at radius 1 is 0.540 bits per heavy atom. The fourth-order valence-electron chi connectivity index (χ4n) is 9.52. The molecular weight excluding hydrogens is 1690 g/mol. The number of terminal acetylenes is 1. The Morgan fingerprint density at radius 3 is 1.35 bits per heavy atom. The van der Waals surface area contributed by atoms with Crippen LogP contribution in [0.5, 0.6) is 11.5 Å². The molecule has 124 heavy (non-hydrogen) atoms. The second-order valence-corrected chi connectivity index (χ2v) is 23.9. The largest absolute Gasteiger partial charge is 0.875 e. The third-order valence-electron chi connectivity index (χ3n) is 15.8. The summed E-state index contributed by atoms with van der Waals surface area (Å²) in [6.07, 6.45) is 27.6. The van der Waals surface area contributed by atoms with E-state index in [4.69, 9.17) is 22.0 Å². The number of fused-ring (bicyclic) bond motifs is 5. The maximum absolute atomic E-state index is 11.4. The van der Waals surface area contributed by atoms with Crippen LogP contribution in [-0.2, 0) is 47.0 Å². The molecule has 14 aromatic rings. The van der Waals surface area contributed by atoms with Crippen molar-refractivity contribution in [3.63, 3.8) is 0 Å². The first-order valence-corrected chi connectivity index (χ1v) is 34.2. The number of hydrogen-bond donors (Lipinski definition) is 3. The number of benzene rings is 2. The van der Waals surface area contributed by atoms with Gasteiger partial charge in [-0.25, -0.2) is 32.2 Å². The van der Waals surface area contributed by atoms with Gasteiger partial charge in [0.1, 0.15) is 5.56 Å². The molecule has 41 nitrogen and oxygen atoms in total. The molecule has 0 saturated heterocycles. The number of carbonyl (C=O) groups is 5. The third kappa shape index (κ3) is 32.8. The number of aliphatic hydroxyl groups excluding tert-OH is 1. The van der Waals surface area contributed by atoms with Crippen LogP contribution < -0.4 is 36.0 Å². The minimum absolute atomic E-state index is 0. The van der Waals surface area contributed by atoms with Crippen molar-refractivity contribution in [3.05, 3.63) is 327 Å². The number of pyridine rings is 7. The second kappa shape index (κ2) is 54.0. The summed E-state index contributed by atoms with van der Waals surface area (Å²) in [7, 11) is 2.54. The topological polar surface area (TPSA) is 557 Å². The number of ketones is 3. The van der Waals surface area contributed by atoms with Crippen molar-refractivity contribution in [1.29, 1.82) is 0 Å². The van der Waals surface area contributed by atoms with E-state index in [0.717, 1.165) is 80.7 Å². The van der Waals surface area contributed by atoms with Crippen LogP contribution in [0.1, 0.15) is 162 Å². The number of esters is 2. The Hall–Kier alpha value is -15.3. The van der Waals surface area contributed by atoms with Crippen LogP contribution in [-0.4, -0.2) is 121 Å². The van der Waals surface area contributed by atoms with Crippen LogP contribution in [0.3, 0.4) is 0 Å². The average molecular weight is 1780 g/mol. The molecule has 649 valence electrons. The molecule has 12 aromatic heterocycles. The van der Waals surface area contributed by atoms with Crippen LogP contribution >= 0.6 is 0 Å². The van der Waals surface area contributed by atoms with E-state index in [-0.39, 0.29) is 117 Å². The maximum atomic E-state index is 11.4. The molecule has 0 fully saturated rings. The summed E-state index contributed by atoms with van der Waals surface area (Å²) in [6, 6.07) is 38.4. The molecule has 0 amide bonds. The number of aromatic nitrogens is 12.